The van der Waals surface area contributed by atoms with Crippen molar-refractivity contribution in [1.82, 2.24) is 9.55 Å². The van der Waals surface area contributed by atoms with Gasteiger partial charge in [0, 0.05) is 5.69 Å². The second kappa shape index (κ2) is 7.36. The first-order valence-corrected chi connectivity index (χ1v) is 8.82. The highest BCUT2D eigenvalue weighted by molar-refractivity contribution is 5.86. The Labute approximate surface area is 168 Å². The summed E-state index contributed by atoms with van der Waals surface area (Å²) in [5.41, 5.74) is -3.27. The van der Waals surface area contributed by atoms with E-state index >= 15 is 0 Å². The number of ether oxygens (including phenoxy) is 1. The molecule has 3 aromatic rings. The van der Waals surface area contributed by atoms with Gasteiger partial charge in [-0.3, -0.25) is 19.7 Å². The van der Waals surface area contributed by atoms with E-state index in [0.717, 1.165) is 22.8 Å². The number of rotatable bonds is 2. The van der Waals surface area contributed by atoms with Gasteiger partial charge in [0.1, 0.15) is 5.60 Å². The predicted molar refractivity (Wildman–Crippen MR) is 105 cm³/mol. The van der Waals surface area contributed by atoms with E-state index < -0.39 is 34.7 Å². The maximum absolute atomic E-state index is 13.2. The van der Waals surface area contributed by atoms with Crippen LogP contribution in [0.25, 0.3) is 16.6 Å². The van der Waals surface area contributed by atoms with Crippen LogP contribution in [0.4, 0.5) is 23.7 Å². The summed E-state index contributed by atoms with van der Waals surface area (Å²) in [5, 5.41) is 2.40. The molecule has 0 spiro atoms. The first kappa shape index (κ1) is 21.2. The molecule has 0 bridgehead atoms. The molecule has 10 heteroatoms. The molecule has 7 nitrogen and oxygen atoms in total. The van der Waals surface area contributed by atoms with E-state index in [9.17, 15) is 27.6 Å². The molecule has 0 atom stereocenters. The molecule has 1 heterocycles. The number of nitrogens with zero attached hydrogens (tertiary/aromatic N) is 1. The summed E-state index contributed by atoms with van der Waals surface area (Å²) in [7, 11) is 0. The Bertz CT molecular complexity index is 1240. The van der Waals surface area contributed by atoms with Crippen LogP contribution >= 0.6 is 0 Å². The average Bonchev–Trinajstić information content (AvgIpc) is 2.59. The van der Waals surface area contributed by atoms with E-state index in [1.165, 1.54) is 24.3 Å². The van der Waals surface area contributed by atoms with Crippen molar-refractivity contribution in [2.75, 3.05) is 5.32 Å². The number of aromatic nitrogens is 2. The van der Waals surface area contributed by atoms with Gasteiger partial charge in [-0.05, 0) is 57.2 Å². The normalized spacial score (nSPS) is 12.1. The number of carbonyl (C=O) groups excluding carboxylic acids is 1. The van der Waals surface area contributed by atoms with Crippen LogP contribution in [0.3, 0.4) is 0 Å². The number of benzene rings is 2. The van der Waals surface area contributed by atoms with Gasteiger partial charge in [0.25, 0.3) is 5.56 Å². The molecular formula is C20H18F3N3O4. The predicted octanol–water partition coefficient (Wildman–Crippen LogP) is 4.04. The second-order valence-electron chi connectivity index (χ2n) is 7.50. The molecule has 30 heavy (non-hydrogen) atoms. The minimum absolute atomic E-state index is 0.0897. The van der Waals surface area contributed by atoms with Crippen molar-refractivity contribution in [2.24, 2.45) is 0 Å². The number of nitrogens with one attached hydrogen (secondary N) is 2. The molecule has 0 radical (unpaired) electrons. The molecule has 0 unspecified atom stereocenters. The number of carbonyl (C=O) groups is 1. The van der Waals surface area contributed by atoms with E-state index in [-0.39, 0.29) is 22.3 Å². The third-order valence-corrected chi connectivity index (χ3v) is 3.98. The molecular weight excluding hydrogens is 403 g/mol. The van der Waals surface area contributed by atoms with Crippen LogP contribution in [0.1, 0.15) is 26.3 Å². The Morgan fingerprint density at radius 2 is 1.77 bits per heavy atom. The highest BCUT2D eigenvalue weighted by atomic mass is 19.4. The number of alkyl halides is 3. The standard InChI is InChI=1S/C20H18F3N3O4/c1-19(2,3)30-18(29)24-12-5-4-6-13(10-12)26-15-9-11(20(21,22)23)7-8-14(15)16(27)25-17(26)28/h4-10H,1-3H3,(H,24,29)(H,25,27,28). The van der Waals surface area contributed by atoms with E-state index in [1.54, 1.807) is 20.8 Å². The summed E-state index contributed by atoms with van der Waals surface area (Å²) >= 11 is 0. The van der Waals surface area contributed by atoms with Gasteiger partial charge in [-0.2, -0.15) is 13.2 Å². The van der Waals surface area contributed by atoms with Crippen molar-refractivity contribution < 1.29 is 22.7 Å². The highest BCUT2D eigenvalue weighted by Crippen LogP contribution is 2.31. The SMILES string of the molecule is CC(C)(C)OC(=O)Nc1cccc(-n2c(=O)[nH]c(=O)c3ccc(C(F)(F)F)cc32)c1. The van der Waals surface area contributed by atoms with Gasteiger partial charge in [0.15, 0.2) is 0 Å². The topological polar surface area (TPSA) is 93.2 Å². The fraction of sp³-hybridized carbons (Fsp3) is 0.250. The summed E-state index contributed by atoms with van der Waals surface area (Å²) in [4.78, 5) is 38.6. The smallest absolute Gasteiger partial charge is 0.416 e. The molecule has 0 saturated heterocycles. The molecule has 0 aliphatic carbocycles. The van der Waals surface area contributed by atoms with E-state index in [4.69, 9.17) is 4.74 Å². The van der Waals surface area contributed by atoms with Crippen LogP contribution in [0.2, 0.25) is 0 Å². The van der Waals surface area contributed by atoms with Gasteiger partial charge in [0.2, 0.25) is 0 Å². The summed E-state index contributed by atoms with van der Waals surface area (Å²) in [6, 6.07) is 8.37. The number of hydrogen-bond acceptors (Lipinski definition) is 4. The molecule has 3 rings (SSSR count). The van der Waals surface area contributed by atoms with Gasteiger partial charge >= 0.3 is 18.0 Å². The fourth-order valence-electron chi connectivity index (χ4n) is 2.82. The number of amides is 1. The zero-order chi connectivity index (χ0) is 22.3. The molecule has 158 valence electrons. The Kier molecular flexibility index (Phi) is 5.19. The van der Waals surface area contributed by atoms with Crippen LogP contribution in [0, 0.1) is 0 Å². The quantitative estimate of drug-likeness (QED) is 0.653. The Hall–Kier alpha value is -3.56. The molecule has 0 saturated carbocycles. The van der Waals surface area contributed by atoms with Crippen LogP contribution in [0.15, 0.2) is 52.1 Å². The first-order chi connectivity index (χ1) is 13.8. The largest absolute Gasteiger partial charge is 0.444 e. The Morgan fingerprint density at radius 1 is 1.07 bits per heavy atom. The van der Waals surface area contributed by atoms with Crippen molar-refractivity contribution in [3.8, 4) is 5.69 Å². The van der Waals surface area contributed by atoms with Crippen LogP contribution < -0.4 is 16.6 Å². The third kappa shape index (κ3) is 4.53. The lowest BCUT2D eigenvalue weighted by Gasteiger charge is -2.20. The van der Waals surface area contributed by atoms with Crippen LogP contribution in [0.5, 0.6) is 0 Å². The molecule has 1 aromatic heterocycles. The molecule has 1 amide bonds. The Morgan fingerprint density at radius 3 is 2.40 bits per heavy atom. The lowest BCUT2D eigenvalue weighted by Crippen LogP contribution is -2.30. The minimum Gasteiger partial charge on any atom is -0.444 e. The summed E-state index contributed by atoms with van der Waals surface area (Å²) in [6.07, 6.45) is -5.39. The van der Waals surface area contributed by atoms with E-state index in [0.29, 0.717) is 0 Å². The number of hydrogen-bond donors (Lipinski definition) is 2. The van der Waals surface area contributed by atoms with Crippen LogP contribution in [-0.2, 0) is 10.9 Å². The number of halogens is 3. The zero-order valence-electron chi connectivity index (χ0n) is 16.3. The first-order valence-electron chi connectivity index (χ1n) is 8.82. The second-order valence-corrected chi connectivity index (χ2v) is 7.50. The van der Waals surface area contributed by atoms with Gasteiger partial charge in [0.05, 0.1) is 22.2 Å². The maximum atomic E-state index is 13.2. The van der Waals surface area contributed by atoms with Gasteiger partial charge in [-0.1, -0.05) is 6.07 Å². The number of anilines is 1. The lowest BCUT2D eigenvalue weighted by atomic mass is 10.1. The minimum atomic E-state index is -4.65. The molecule has 2 aromatic carbocycles. The van der Waals surface area contributed by atoms with Gasteiger partial charge < -0.3 is 4.74 Å². The Balaban J connectivity index is 2.14. The lowest BCUT2D eigenvalue weighted by molar-refractivity contribution is -0.137. The summed E-state index contributed by atoms with van der Waals surface area (Å²) < 4.78 is 45.6. The van der Waals surface area contributed by atoms with Crippen molar-refractivity contribution in [3.63, 3.8) is 0 Å². The monoisotopic (exact) mass is 421 g/mol. The molecule has 0 aliphatic heterocycles. The summed E-state index contributed by atoms with van der Waals surface area (Å²) in [5.74, 6) is 0. The van der Waals surface area contributed by atoms with Crippen LogP contribution in [-0.4, -0.2) is 21.2 Å². The third-order valence-electron chi connectivity index (χ3n) is 3.98. The van der Waals surface area contributed by atoms with Crippen molar-refractivity contribution in [2.45, 2.75) is 32.5 Å². The van der Waals surface area contributed by atoms with Gasteiger partial charge in [-0.15, -0.1) is 0 Å². The van der Waals surface area contributed by atoms with E-state index in [1.807, 2.05) is 0 Å². The highest BCUT2D eigenvalue weighted by Gasteiger charge is 2.31. The van der Waals surface area contributed by atoms with Crippen molar-refractivity contribution >= 4 is 22.7 Å². The number of H-pyrrole nitrogens is 1. The fourth-order valence-corrected chi connectivity index (χ4v) is 2.82. The molecule has 0 aliphatic rings. The molecule has 0 fully saturated rings. The summed E-state index contributed by atoms with van der Waals surface area (Å²) in [6.45, 7) is 5.06. The average molecular weight is 421 g/mol. The van der Waals surface area contributed by atoms with Crippen molar-refractivity contribution in [3.05, 3.63) is 68.9 Å². The maximum Gasteiger partial charge on any atom is 0.416 e. The van der Waals surface area contributed by atoms with Crippen molar-refractivity contribution in [1.29, 1.82) is 0 Å². The van der Waals surface area contributed by atoms with Gasteiger partial charge in [-0.25, -0.2) is 9.59 Å². The molecule has 2 N–H and O–H groups in total. The number of fused-ring (bicyclic) bond motifs is 1. The van der Waals surface area contributed by atoms with E-state index in [2.05, 4.69) is 10.3 Å². The number of aromatic amines is 1. The zero-order valence-corrected chi connectivity index (χ0v) is 16.3.